The molecule has 0 aliphatic carbocycles. The van der Waals surface area contributed by atoms with E-state index in [1.807, 2.05) is 11.5 Å². The van der Waals surface area contributed by atoms with Crippen LogP contribution in [0.3, 0.4) is 0 Å². The van der Waals surface area contributed by atoms with E-state index < -0.39 is 10.8 Å². The van der Waals surface area contributed by atoms with E-state index in [0.717, 1.165) is 10.1 Å². The molecule has 1 nitrogen and oxygen atoms in total. The van der Waals surface area contributed by atoms with E-state index in [9.17, 15) is 4.21 Å². The van der Waals surface area contributed by atoms with E-state index in [1.54, 1.807) is 11.8 Å². The van der Waals surface area contributed by atoms with Gasteiger partial charge in [-0.3, -0.25) is 4.21 Å². The number of halogens is 2. The zero-order chi connectivity index (χ0) is 9.16. The normalized spacial score (nSPS) is 52.0. The average Bonchev–Trinajstić information content (AvgIpc) is 2.65. The number of fused-ring (bicyclic) bond motifs is 5. The van der Waals surface area contributed by atoms with Crippen molar-refractivity contribution >= 4 is 45.8 Å². The highest BCUT2D eigenvalue weighted by Crippen LogP contribution is 2.55. The molecule has 13 heavy (non-hydrogen) atoms. The van der Waals surface area contributed by atoms with Crippen molar-refractivity contribution in [3.05, 3.63) is 21.5 Å². The van der Waals surface area contributed by atoms with Gasteiger partial charge >= 0.3 is 0 Å². The van der Waals surface area contributed by atoms with Gasteiger partial charge in [0.25, 0.3) is 0 Å². The summed E-state index contributed by atoms with van der Waals surface area (Å²) in [7, 11) is -0.831. The van der Waals surface area contributed by atoms with Crippen molar-refractivity contribution < 1.29 is 4.21 Å². The van der Waals surface area contributed by atoms with Crippen molar-refractivity contribution in [1.82, 2.24) is 0 Å². The predicted octanol–water partition coefficient (Wildman–Crippen LogP) is 2.43. The van der Waals surface area contributed by atoms with Gasteiger partial charge in [0.05, 0.1) is 10.5 Å². The minimum absolute atomic E-state index is 0.0181. The highest BCUT2D eigenvalue weighted by molar-refractivity contribution is 8.04. The number of hydrogen-bond acceptors (Lipinski definition) is 2. The molecule has 3 aliphatic heterocycles. The van der Waals surface area contributed by atoms with Crippen LogP contribution in [0.2, 0.25) is 0 Å². The average molecular weight is 253 g/mol. The predicted molar refractivity (Wildman–Crippen MR) is 58.5 cm³/mol. The fourth-order valence-electron chi connectivity index (χ4n) is 2.20. The third kappa shape index (κ3) is 0.993. The van der Waals surface area contributed by atoms with Crippen molar-refractivity contribution in [1.29, 1.82) is 0 Å². The Morgan fingerprint density at radius 1 is 1.38 bits per heavy atom. The van der Waals surface area contributed by atoms with E-state index in [-0.39, 0.29) is 16.4 Å². The minimum atomic E-state index is -0.831. The van der Waals surface area contributed by atoms with Gasteiger partial charge in [0.1, 0.15) is 0 Å². The number of allylic oxidation sites excluding steroid dienone is 1. The molecule has 0 saturated carbocycles. The van der Waals surface area contributed by atoms with Gasteiger partial charge in [-0.25, -0.2) is 0 Å². The van der Waals surface area contributed by atoms with E-state index >= 15 is 0 Å². The zero-order valence-corrected chi connectivity index (χ0v) is 9.59. The van der Waals surface area contributed by atoms with Crippen LogP contribution in [0.1, 0.15) is 0 Å². The second kappa shape index (κ2) is 2.78. The van der Waals surface area contributed by atoms with Gasteiger partial charge in [-0.15, -0.1) is 11.8 Å². The summed E-state index contributed by atoms with van der Waals surface area (Å²) < 4.78 is 11.8. The maximum absolute atomic E-state index is 11.8. The molecule has 0 aromatic carbocycles. The quantitative estimate of drug-likeness (QED) is 0.659. The molecule has 0 amide bonds. The van der Waals surface area contributed by atoms with Crippen LogP contribution in [0, 0.1) is 5.92 Å². The summed E-state index contributed by atoms with van der Waals surface area (Å²) in [6, 6.07) is 0. The molecule has 5 heteroatoms. The molecule has 0 spiro atoms. The minimum Gasteiger partial charge on any atom is -0.258 e. The Hall–Kier alpha value is 0.560. The maximum Gasteiger partial charge on any atom is 0.0796 e. The van der Waals surface area contributed by atoms with Crippen LogP contribution in [-0.2, 0) is 10.8 Å². The van der Waals surface area contributed by atoms with E-state index in [4.69, 9.17) is 23.2 Å². The molecule has 0 aromatic heterocycles. The first kappa shape index (κ1) is 8.84. The molecule has 2 bridgehead atoms. The van der Waals surface area contributed by atoms with Crippen LogP contribution in [0.25, 0.3) is 0 Å². The topological polar surface area (TPSA) is 17.1 Å². The van der Waals surface area contributed by atoms with Gasteiger partial charge in [0, 0.05) is 32.0 Å². The third-order valence-electron chi connectivity index (χ3n) is 2.77. The molecular formula is C8H6Cl2OS2. The monoisotopic (exact) mass is 252 g/mol. The maximum atomic E-state index is 11.8. The largest absolute Gasteiger partial charge is 0.258 e. The SMILES string of the molecule is O=S1C2C=C(Cl)[C@H]1[C@H]1C(Cl)=CS[C@@H]21. The Kier molecular flexibility index (Phi) is 1.89. The number of rotatable bonds is 0. The first-order valence-electron chi connectivity index (χ1n) is 3.98. The van der Waals surface area contributed by atoms with Crippen LogP contribution in [0.4, 0.5) is 0 Å². The lowest BCUT2D eigenvalue weighted by Gasteiger charge is -2.19. The first-order valence-corrected chi connectivity index (χ1v) is 6.95. The molecule has 2 unspecified atom stereocenters. The second-order valence-corrected chi connectivity index (χ2v) is 7.03. The van der Waals surface area contributed by atoms with Crippen LogP contribution in [0.15, 0.2) is 21.5 Å². The summed E-state index contributed by atoms with van der Waals surface area (Å²) in [6.07, 6.45) is 1.94. The molecule has 3 heterocycles. The molecule has 1 fully saturated rings. The highest BCUT2D eigenvalue weighted by Gasteiger charge is 2.56. The van der Waals surface area contributed by atoms with Gasteiger partial charge in [-0.05, 0) is 5.41 Å². The van der Waals surface area contributed by atoms with Gasteiger partial charge < -0.3 is 0 Å². The van der Waals surface area contributed by atoms with Crippen LogP contribution < -0.4 is 0 Å². The van der Waals surface area contributed by atoms with E-state index in [0.29, 0.717) is 5.25 Å². The summed E-state index contributed by atoms with van der Waals surface area (Å²) in [4.78, 5) is 0. The van der Waals surface area contributed by atoms with Gasteiger partial charge in [-0.1, -0.05) is 29.3 Å². The lowest BCUT2D eigenvalue weighted by molar-refractivity contribution is 0.649. The van der Waals surface area contributed by atoms with Crippen molar-refractivity contribution in [2.24, 2.45) is 5.92 Å². The van der Waals surface area contributed by atoms with Gasteiger partial charge in [-0.2, -0.15) is 0 Å². The van der Waals surface area contributed by atoms with Crippen molar-refractivity contribution in [2.45, 2.75) is 15.7 Å². The molecule has 0 N–H and O–H groups in total. The molecular weight excluding hydrogens is 247 g/mol. The summed E-state index contributed by atoms with van der Waals surface area (Å²) in [6.45, 7) is 0. The van der Waals surface area contributed by atoms with Crippen molar-refractivity contribution in [2.75, 3.05) is 0 Å². The lowest BCUT2D eigenvalue weighted by atomic mass is 9.94. The summed E-state index contributed by atoms with van der Waals surface area (Å²) in [5.74, 6) is 0.218. The molecule has 1 saturated heterocycles. The summed E-state index contributed by atoms with van der Waals surface area (Å²) in [5, 5.41) is 4.04. The van der Waals surface area contributed by atoms with Gasteiger partial charge in [0.15, 0.2) is 0 Å². The standard InChI is InChI=1S/C8H6Cl2OS2/c9-3-1-5-7-6(4(10)2-12-7)8(3)13(5)11/h1-2,5-8H/t5?,6-,7-,8-,13?/m0/s1. The fourth-order valence-corrected chi connectivity index (χ4v) is 7.11. The highest BCUT2D eigenvalue weighted by atomic mass is 35.5. The first-order chi connectivity index (χ1) is 6.20. The van der Waals surface area contributed by atoms with E-state index in [2.05, 4.69) is 0 Å². The summed E-state index contributed by atoms with van der Waals surface area (Å²) >= 11 is 13.8. The molecule has 70 valence electrons. The Morgan fingerprint density at radius 2 is 2.15 bits per heavy atom. The van der Waals surface area contributed by atoms with Crippen molar-refractivity contribution in [3.63, 3.8) is 0 Å². The molecule has 3 rings (SSSR count). The van der Waals surface area contributed by atoms with Crippen LogP contribution in [-0.4, -0.2) is 20.0 Å². The number of thioether (sulfide) groups is 1. The van der Waals surface area contributed by atoms with Crippen LogP contribution >= 0.6 is 35.0 Å². The molecule has 0 aromatic rings. The Morgan fingerprint density at radius 3 is 2.92 bits per heavy atom. The lowest BCUT2D eigenvalue weighted by Crippen LogP contribution is -2.24. The Labute approximate surface area is 93.0 Å². The van der Waals surface area contributed by atoms with Gasteiger partial charge in [0.2, 0.25) is 0 Å². The molecule has 5 atom stereocenters. The zero-order valence-electron chi connectivity index (χ0n) is 6.44. The molecule has 3 aliphatic rings. The molecule has 0 radical (unpaired) electrons. The second-order valence-electron chi connectivity index (χ2n) is 3.39. The number of hydrogen-bond donors (Lipinski definition) is 0. The van der Waals surface area contributed by atoms with Crippen LogP contribution in [0.5, 0.6) is 0 Å². The smallest absolute Gasteiger partial charge is 0.0796 e. The Bertz CT molecular complexity index is 363. The van der Waals surface area contributed by atoms with E-state index in [1.165, 1.54) is 0 Å². The Balaban J connectivity index is 2.10. The third-order valence-corrected chi connectivity index (χ3v) is 7.23. The fraction of sp³-hybridized carbons (Fsp3) is 0.500. The summed E-state index contributed by atoms with van der Waals surface area (Å²) in [5.41, 5.74) is 0. The van der Waals surface area contributed by atoms with Crippen molar-refractivity contribution in [3.8, 4) is 0 Å².